The van der Waals surface area contributed by atoms with Gasteiger partial charge in [-0.25, -0.2) is 0 Å². The highest BCUT2D eigenvalue weighted by molar-refractivity contribution is 5.86. The molecule has 1 fully saturated rings. The van der Waals surface area contributed by atoms with Crippen molar-refractivity contribution in [1.29, 1.82) is 0 Å². The number of anilines is 2. The largest absolute Gasteiger partial charge is 0.423 e. The van der Waals surface area contributed by atoms with Crippen LogP contribution in [0.3, 0.4) is 0 Å². The first-order valence-electron chi connectivity index (χ1n) is 6.94. The predicted octanol–water partition coefficient (Wildman–Crippen LogP) is 2.31. The monoisotopic (exact) mass is 260 g/mol. The van der Waals surface area contributed by atoms with Gasteiger partial charge in [-0.2, -0.15) is 4.98 Å². The number of piperidine rings is 1. The first-order chi connectivity index (χ1) is 9.33. The van der Waals surface area contributed by atoms with Gasteiger partial charge in [-0.15, -0.1) is 0 Å². The number of fused-ring (bicyclic) bond motifs is 1. The fraction of sp³-hybridized carbons (Fsp3) is 0.500. The van der Waals surface area contributed by atoms with Crippen molar-refractivity contribution in [3.05, 3.63) is 18.2 Å². The zero-order valence-electron chi connectivity index (χ0n) is 11.1. The maximum atomic E-state index is 5.86. The molecule has 0 saturated carbocycles. The summed E-state index contributed by atoms with van der Waals surface area (Å²) < 4.78 is 5.62. The summed E-state index contributed by atoms with van der Waals surface area (Å²) in [5.74, 6) is 0. The number of hydrogen-bond donors (Lipinski definition) is 2. The van der Waals surface area contributed by atoms with Gasteiger partial charge >= 0.3 is 0 Å². The van der Waals surface area contributed by atoms with Crippen LogP contribution in [0.25, 0.3) is 11.1 Å². The van der Waals surface area contributed by atoms with Crippen molar-refractivity contribution in [2.24, 2.45) is 0 Å². The Morgan fingerprint density at radius 2 is 2.11 bits per heavy atom. The lowest BCUT2D eigenvalue weighted by atomic mass is 10.1. The zero-order valence-corrected chi connectivity index (χ0v) is 11.1. The van der Waals surface area contributed by atoms with E-state index in [1.54, 1.807) is 0 Å². The Kier molecular flexibility index (Phi) is 3.55. The summed E-state index contributed by atoms with van der Waals surface area (Å²) in [4.78, 5) is 6.85. The van der Waals surface area contributed by atoms with Gasteiger partial charge in [0.2, 0.25) is 0 Å². The molecule has 0 amide bonds. The van der Waals surface area contributed by atoms with Gasteiger partial charge in [0.25, 0.3) is 6.01 Å². The Morgan fingerprint density at radius 3 is 2.89 bits per heavy atom. The fourth-order valence-electron chi connectivity index (χ4n) is 2.55. The Hall–Kier alpha value is -1.75. The molecule has 5 nitrogen and oxygen atoms in total. The minimum Gasteiger partial charge on any atom is -0.423 e. The quantitative estimate of drug-likeness (QED) is 0.826. The number of oxazole rings is 1. The van der Waals surface area contributed by atoms with Crippen molar-refractivity contribution < 1.29 is 4.42 Å². The average molecular weight is 260 g/mol. The molecule has 5 heteroatoms. The maximum Gasteiger partial charge on any atom is 0.295 e. The molecular formula is C14H20N4O. The number of nitrogens with two attached hydrogens (primary N) is 1. The molecule has 3 N–H and O–H groups in total. The summed E-state index contributed by atoms with van der Waals surface area (Å²) in [6.45, 7) is 4.31. The minimum absolute atomic E-state index is 0.560. The Balaban J connectivity index is 1.57. The molecule has 3 rings (SSSR count). The van der Waals surface area contributed by atoms with Gasteiger partial charge in [-0.3, -0.25) is 0 Å². The molecular weight excluding hydrogens is 240 g/mol. The van der Waals surface area contributed by atoms with Crippen molar-refractivity contribution >= 4 is 22.8 Å². The van der Waals surface area contributed by atoms with Gasteiger partial charge in [0, 0.05) is 13.1 Å². The summed E-state index contributed by atoms with van der Waals surface area (Å²) in [5.41, 5.74) is 7.99. The van der Waals surface area contributed by atoms with Gasteiger partial charge in [-0.1, -0.05) is 12.5 Å². The molecule has 1 aromatic heterocycles. The molecule has 1 saturated heterocycles. The van der Waals surface area contributed by atoms with Crippen LogP contribution in [0, 0.1) is 0 Å². The molecule has 0 bridgehead atoms. The first kappa shape index (κ1) is 12.3. The molecule has 1 aliphatic heterocycles. The van der Waals surface area contributed by atoms with E-state index in [-0.39, 0.29) is 0 Å². The van der Waals surface area contributed by atoms with Crippen LogP contribution in [0.4, 0.5) is 11.7 Å². The number of likely N-dealkylation sites (tertiary alicyclic amines) is 1. The van der Waals surface area contributed by atoms with Crippen LogP contribution in [0.1, 0.15) is 19.3 Å². The lowest BCUT2D eigenvalue weighted by molar-refractivity contribution is 0.236. The second kappa shape index (κ2) is 5.48. The molecule has 19 heavy (non-hydrogen) atoms. The molecule has 0 atom stereocenters. The standard InChI is InChI=1S/C14H20N4O/c15-11-5-4-6-12-13(11)17-14(19-12)16-7-10-18-8-2-1-3-9-18/h4-6H,1-3,7-10,15H2,(H,16,17). The molecule has 102 valence electrons. The SMILES string of the molecule is Nc1cccc2oc(NCCN3CCCCC3)nc12. The third kappa shape index (κ3) is 2.81. The van der Waals surface area contributed by atoms with Crippen LogP contribution in [-0.2, 0) is 0 Å². The van der Waals surface area contributed by atoms with Crippen molar-refractivity contribution in [2.75, 3.05) is 37.2 Å². The van der Waals surface area contributed by atoms with E-state index in [1.165, 1.54) is 32.4 Å². The number of hydrogen-bond acceptors (Lipinski definition) is 5. The Bertz CT molecular complexity index is 545. The molecule has 0 unspecified atom stereocenters. The first-order valence-corrected chi connectivity index (χ1v) is 6.94. The highest BCUT2D eigenvalue weighted by Gasteiger charge is 2.11. The summed E-state index contributed by atoms with van der Waals surface area (Å²) in [6, 6.07) is 6.15. The van der Waals surface area contributed by atoms with Crippen LogP contribution >= 0.6 is 0 Å². The number of aromatic nitrogens is 1. The number of rotatable bonds is 4. The topological polar surface area (TPSA) is 67.3 Å². The van der Waals surface area contributed by atoms with Gasteiger partial charge in [0.15, 0.2) is 5.58 Å². The lowest BCUT2D eigenvalue weighted by Gasteiger charge is -2.26. The van der Waals surface area contributed by atoms with Crippen molar-refractivity contribution in [1.82, 2.24) is 9.88 Å². The number of para-hydroxylation sites is 1. The van der Waals surface area contributed by atoms with E-state index in [0.717, 1.165) is 24.2 Å². The van der Waals surface area contributed by atoms with E-state index in [4.69, 9.17) is 10.2 Å². The lowest BCUT2D eigenvalue weighted by Crippen LogP contribution is -2.33. The molecule has 0 spiro atoms. The van der Waals surface area contributed by atoms with Gasteiger partial charge < -0.3 is 20.4 Å². The number of nitrogens with zero attached hydrogens (tertiary/aromatic N) is 2. The molecule has 2 aromatic rings. The molecule has 2 heterocycles. The summed E-state index contributed by atoms with van der Waals surface area (Å²) >= 11 is 0. The Morgan fingerprint density at radius 1 is 1.26 bits per heavy atom. The number of nitrogen functional groups attached to an aromatic ring is 1. The third-order valence-electron chi connectivity index (χ3n) is 3.60. The summed E-state index contributed by atoms with van der Waals surface area (Å²) in [5, 5.41) is 3.23. The summed E-state index contributed by atoms with van der Waals surface area (Å²) in [7, 11) is 0. The maximum absolute atomic E-state index is 5.86. The number of nitrogens with one attached hydrogen (secondary N) is 1. The highest BCUT2D eigenvalue weighted by atomic mass is 16.4. The van der Waals surface area contributed by atoms with E-state index >= 15 is 0 Å². The zero-order chi connectivity index (χ0) is 13.1. The predicted molar refractivity (Wildman–Crippen MR) is 77.2 cm³/mol. The fourth-order valence-corrected chi connectivity index (χ4v) is 2.55. The van der Waals surface area contributed by atoms with Crippen molar-refractivity contribution in [2.45, 2.75) is 19.3 Å². The third-order valence-corrected chi connectivity index (χ3v) is 3.60. The number of benzene rings is 1. The van der Waals surface area contributed by atoms with E-state index in [0.29, 0.717) is 11.7 Å². The molecule has 0 radical (unpaired) electrons. The second-order valence-corrected chi connectivity index (χ2v) is 5.04. The second-order valence-electron chi connectivity index (χ2n) is 5.04. The smallest absolute Gasteiger partial charge is 0.295 e. The average Bonchev–Trinajstić information content (AvgIpc) is 2.84. The van der Waals surface area contributed by atoms with E-state index in [9.17, 15) is 0 Å². The molecule has 0 aliphatic carbocycles. The minimum atomic E-state index is 0.560. The summed E-state index contributed by atoms with van der Waals surface area (Å²) in [6.07, 6.45) is 4.01. The van der Waals surface area contributed by atoms with Gasteiger partial charge in [-0.05, 0) is 38.1 Å². The van der Waals surface area contributed by atoms with Crippen LogP contribution in [0.5, 0.6) is 0 Å². The molecule has 1 aromatic carbocycles. The van der Waals surface area contributed by atoms with Crippen LogP contribution in [0.15, 0.2) is 22.6 Å². The Labute approximate surface area is 112 Å². The van der Waals surface area contributed by atoms with Crippen molar-refractivity contribution in [3.63, 3.8) is 0 Å². The van der Waals surface area contributed by atoms with Gasteiger partial charge in [0.1, 0.15) is 5.52 Å². The van der Waals surface area contributed by atoms with E-state index in [2.05, 4.69) is 15.2 Å². The normalized spacial score (nSPS) is 16.8. The highest BCUT2D eigenvalue weighted by Crippen LogP contribution is 2.23. The van der Waals surface area contributed by atoms with Gasteiger partial charge in [0.05, 0.1) is 5.69 Å². The molecule has 1 aliphatic rings. The van der Waals surface area contributed by atoms with Crippen molar-refractivity contribution in [3.8, 4) is 0 Å². The van der Waals surface area contributed by atoms with Crippen LogP contribution in [-0.4, -0.2) is 36.1 Å². The van der Waals surface area contributed by atoms with E-state index in [1.807, 2.05) is 18.2 Å². The van der Waals surface area contributed by atoms with Crippen LogP contribution in [0.2, 0.25) is 0 Å². The van der Waals surface area contributed by atoms with Crippen LogP contribution < -0.4 is 11.1 Å². The van der Waals surface area contributed by atoms with E-state index < -0.39 is 0 Å².